The predicted molar refractivity (Wildman–Crippen MR) is 80.3 cm³/mol. The van der Waals surface area contributed by atoms with Crippen molar-refractivity contribution < 1.29 is 9.53 Å². The molecule has 0 radical (unpaired) electrons. The van der Waals surface area contributed by atoms with Crippen LogP contribution in [-0.2, 0) is 9.53 Å². The molecule has 104 valence electrons. The van der Waals surface area contributed by atoms with Crippen molar-refractivity contribution in [3.8, 4) is 0 Å². The lowest BCUT2D eigenvalue weighted by atomic mass is 10.2. The molecule has 0 spiro atoms. The zero-order chi connectivity index (χ0) is 14.3. The first kappa shape index (κ1) is 15.4. The molecule has 1 aromatic rings. The van der Waals surface area contributed by atoms with Gasteiger partial charge in [0, 0.05) is 24.9 Å². The van der Waals surface area contributed by atoms with Crippen LogP contribution in [0.15, 0.2) is 24.3 Å². The second-order valence-corrected chi connectivity index (χ2v) is 4.53. The summed E-state index contributed by atoms with van der Waals surface area (Å²) in [6.45, 7) is 2.80. The van der Waals surface area contributed by atoms with Crippen LogP contribution in [0.2, 0.25) is 0 Å². The lowest BCUT2D eigenvalue weighted by Crippen LogP contribution is -2.39. The standard InChI is InChI=1S/C13H19N3O2S/c1-9(13(17)15-7-8-18-2)16-11-5-3-10(4-6-11)12(14)19/h3-6,9,16H,7-8H2,1-2H3,(H2,14,19)(H,15,17). The molecule has 1 amide bonds. The highest BCUT2D eigenvalue weighted by Gasteiger charge is 2.11. The highest BCUT2D eigenvalue weighted by Crippen LogP contribution is 2.10. The van der Waals surface area contributed by atoms with E-state index in [1.165, 1.54) is 0 Å². The molecule has 0 aliphatic heterocycles. The van der Waals surface area contributed by atoms with Gasteiger partial charge in [-0.2, -0.15) is 0 Å². The molecule has 4 N–H and O–H groups in total. The summed E-state index contributed by atoms with van der Waals surface area (Å²) in [5.74, 6) is -0.0736. The summed E-state index contributed by atoms with van der Waals surface area (Å²) in [5.41, 5.74) is 7.16. The van der Waals surface area contributed by atoms with Crippen molar-refractivity contribution >= 4 is 28.8 Å². The SMILES string of the molecule is COCCNC(=O)C(C)Nc1ccc(C(N)=S)cc1. The number of benzene rings is 1. The minimum atomic E-state index is -0.326. The molecule has 0 heterocycles. The van der Waals surface area contributed by atoms with Crippen LogP contribution in [0.3, 0.4) is 0 Å². The molecule has 0 fully saturated rings. The van der Waals surface area contributed by atoms with Gasteiger partial charge in [0.25, 0.3) is 0 Å². The van der Waals surface area contributed by atoms with Gasteiger partial charge in [-0.25, -0.2) is 0 Å². The first-order chi connectivity index (χ1) is 9.04. The van der Waals surface area contributed by atoms with Crippen LogP contribution in [0.5, 0.6) is 0 Å². The van der Waals surface area contributed by atoms with Gasteiger partial charge in [-0.1, -0.05) is 12.2 Å². The molecular weight excluding hydrogens is 262 g/mol. The van der Waals surface area contributed by atoms with E-state index in [2.05, 4.69) is 10.6 Å². The normalized spacial score (nSPS) is 11.7. The van der Waals surface area contributed by atoms with Crippen molar-refractivity contribution in [2.24, 2.45) is 5.73 Å². The Morgan fingerprint density at radius 3 is 2.58 bits per heavy atom. The predicted octanol–water partition coefficient (Wildman–Crippen LogP) is 0.884. The van der Waals surface area contributed by atoms with E-state index in [1.54, 1.807) is 14.0 Å². The topological polar surface area (TPSA) is 76.4 Å². The molecule has 6 heteroatoms. The lowest BCUT2D eigenvalue weighted by molar-refractivity contribution is -0.121. The summed E-state index contributed by atoms with van der Waals surface area (Å²) in [5, 5.41) is 5.86. The molecule has 1 aromatic carbocycles. The minimum absolute atomic E-state index is 0.0736. The Kier molecular flexibility index (Phi) is 6.24. The smallest absolute Gasteiger partial charge is 0.242 e. The number of nitrogens with one attached hydrogen (secondary N) is 2. The van der Waals surface area contributed by atoms with Gasteiger partial charge in [0.05, 0.1) is 6.61 Å². The average Bonchev–Trinajstić information content (AvgIpc) is 2.39. The fraction of sp³-hybridized carbons (Fsp3) is 0.385. The highest BCUT2D eigenvalue weighted by atomic mass is 32.1. The van der Waals surface area contributed by atoms with Gasteiger partial charge in [-0.15, -0.1) is 0 Å². The maximum atomic E-state index is 11.7. The largest absolute Gasteiger partial charge is 0.389 e. The molecule has 5 nitrogen and oxygen atoms in total. The fourth-order valence-electron chi connectivity index (χ4n) is 1.48. The number of hydrogen-bond donors (Lipinski definition) is 3. The van der Waals surface area contributed by atoms with Crippen molar-refractivity contribution in [2.45, 2.75) is 13.0 Å². The maximum Gasteiger partial charge on any atom is 0.242 e. The number of ether oxygens (including phenoxy) is 1. The van der Waals surface area contributed by atoms with Crippen LogP contribution in [0, 0.1) is 0 Å². The van der Waals surface area contributed by atoms with Crippen molar-refractivity contribution in [1.82, 2.24) is 5.32 Å². The first-order valence-electron chi connectivity index (χ1n) is 5.97. The summed E-state index contributed by atoms with van der Waals surface area (Å²) in [6.07, 6.45) is 0. The van der Waals surface area contributed by atoms with E-state index >= 15 is 0 Å². The third kappa shape index (κ3) is 5.23. The van der Waals surface area contributed by atoms with Crippen LogP contribution < -0.4 is 16.4 Å². The first-order valence-corrected chi connectivity index (χ1v) is 6.38. The number of carbonyl (C=O) groups is 1. The van der Waals surface area contributed by atoms with Gasteiger partial charge < -0.3 is 21.1 Å². The number of rotatable bonds is 7. The number of nitrogens with two attached hydrogens (primary N) is 1. The summed E-state index contributed by atoms with van der Waals surface area (Å²) in [4.78, 5) is 12.1. The molecule has 1 unspecified atom stereocenters. The maximum absolute atomic E-state index is 11.7. The quantitative estimate of drug-likeness (QED) is 0.511. The van der Waals surface area contributed by atoms with E-state index < -0.39 is 0 Å². The average molecular weight is 281 g/mol. The minimum Gasteiger partial charge on any atom is -0.389 e. The molecule has 0 aliphatic carbocycles. The number of anilines is 1. The molecule has 19 heavy (non-hydrogen) atoms. The van der Waals surface area contributed by atoms with Gasteiger partial charge in [0.2, 0.25) is 5.91 Å². The van der Waals surface area contributed by atoms with Crippen LogP contribution in [0.4, 0.5) is 5.69 Å². The fourth-order valence-corrected chi connectivity index (χ4v) is 1.61. The number of thiocarbonyl (C=S) groups is 1. The molecule has 0 aromatic heterocycles. The van der Waals surface area contributed by atoms with Crippen molar-refractivity contribution in [3.05, 3.63) is 29.8 Å². The molecule has 1 rings (SSSR count). The number of hydrogen-bond acceptors (Lipinski definition) is 4. The third-order valence-electron chi connectivity index (χ3n) is 2.55. The van der Waals surface area contributed by atoms with Crippen LogP contribution in [0.1, 0.15) is 12.5 Å². The van der Waals surface area contributed by atoms with Crippen LogP contribution in [-0.4, -0.2) is 37.2 Å². The summed E-state index contributed by atoms with van der Waals surface area (Å²) in [6, 6.07) is 6.99. The van der Waals surface area contributed by atoms with E-state index in [0.29, 0.717) is 18.1 Å². The van der Waals surface area contributed by atoms with Crippen LogP contribution >= 0.6 is 12.2 Å². The van der Waals surface area contributed by atoms with Gasteiger partial charge in [-0.05, 0) is 31.2 Å². The number of methoxy groups -OCH3 is 1. The van der Waals surface area contributed by atoms with E-state index in [4.69, 9.17) is 22.7 Å². The van der Waals surface area contributed by atoms with Crippen molar-refractivity contribution in [1.29, 1.82) is 0 Å². The highest BCUT2D eigenvalue weighted by molar-refractivity contribution is 7.80. The van der Waals surface area contributed by atoms with Gasteiger partial charge in [-0.3, -0.25) is 4.79 Å². The van der Waals surface area contributed by atoms with Gasteiger partial charge in [0.1, 0.15) is 11.0 Å². The monoisotopic (exact) mass is 281 g/mol. The molecule has 0 bridgehead atoms. The second kappa shape index (κ2) is 7.70. The Morgan fingerprint density at radius 1 is 1.42 bits per heavy atom. The molecule has 0 aliphatic rings. The molecule has 0 saturated heterocycles. The number of carbonyl (C=O) groups excluding carboxylic acids is 1. The zero-order valence-electron chi connectivity index (χ0n) is 11.1. The van der Waals surface area contributed by atoms with E-state index in [9.17, 15) is 4.79 Å². The van der Waals surface area contributed by atoms with E-state index in [1.807, 2.05) is 24.3 Å². The van der Waals surface area contributed by atoms with E-state index in [0.717, 1.165) is 11.3 Å². The van der Waals surface area contributed by atoms with Gasteiger partial charge in [0.15, 0.2) is 0 Å². The third-order valence-corrected chi connectivity index (χ3v) is 2.79. The van der Waals surface area contributed by atoms with E-state index in [-0.39, 0.29) is 11.9 Å². The molecular formula is C13H19N3O2S. The Balaban J connectivity index is 2.49. The second-order valence-electron chi connectivity index (χ2n) is 4.09. The Bertz CT molecular complexity index is 434. The Morgan fingerprint density at radius 2 is 2.05 bits per heavy atom. The molecule has 0 saturated carbocycles. The summed E-state index contributed by atoms with van der Waals surface area (Å²) in [7, 11) is 1.59. The lowest BCUT2D eigenvalue weighted by Gasteiger charge is -2.15. The number of amides is 1. The van der Waals surface area contributed by atoms with Crippen molar-refractivity contribution in [2.75, 3.05) is 25.6 Å². The molecule has 1 atom stereocenters. The van der Waals surface area contributed by atoms with Gasteiger partial charge >= 0.3 is 0 Å². The zero-order valence-corrected chi connectivity index (χ0v) is 11.9. The summed E-state index contributed by atoms with van der Waals surface area (Å²) >= 11 is 4.88. The Labute approximate surface area is 118 Å². The van der Waals surface area contributed by atoms with Crippen molar-refractivity contribution in [3.63, 3.8) is 0 Å². The van der Waals surface area contributed by atoms with Crippen LogP contribution in [0.25, 0.3) is 0 Å². The summed E-state index contributed by atoms with van der Waals surface area (Å²) < 4.78 is 4.87. The Hall–Kier alpha value is -1.66.